The molecule has 2 heterocycles. The highest BCUT2D eigenvalue weighted by Gasteiger charge is 2.25. The molecule has 9 heteroatoms. The van der Waals surface area contributed by atoms with Gasteiger partial charge < -0.3 is 25.6 Å². The van der Waals surface area contributed by atoms with Crippen LogP contribution in [0.15, 0.2) is 23.3 Å². The molecule has 0 bridgehead atoms. The number of amides is 1. The summed E-state index contributed by atoms with van der Waals surface area (Å²) in [4.78, 5) is 22.8. The Hall–Kier alpha value is -2.22. The third kappa shape index (κ3) is 7.42. The van der Waals surface area contributed by atoms with Gasteiger partial charge in [0, 0.05) is 38.4 Å². The highest BCUT2D eigenvalue weighted by Crippen LogP contribution is 2.25. The lowest BCUT2D eigenvalue weighted by Crippen LogP contribution is -2.45. The second-order valence-corrected chi connectivity index (χ2v) is 7.98. The van der Waals surface area contributed by atoms with Crippen LogP contribution in [0.3, 0.4) is 0 Å². The second-order valence-electron chi connectivity index (χ2n) is 7.57. The van der Waals surface area contributed by atoms with Crippen LogP contribution in [-0.4, -0.2) is 61.4 Å². The largest absolute Gasteiger partial charge is 0.444 e. The Bertz CT molecular complexity index is 677. The molecule has 8 nitrogen and oxygen atoms in total. The van der Waals surface area contributed by atoms with E-state index in [1.807, 2.05) is 39.8 Å². The summed E-state index contributed by atoms with van der Waals surface area (Å²) in [6.07, 6.45) is 2.29. The zero-order chi connectivity index (χ0) is 20.6. The molecule has 0 aliphatic carbocycles. The molecule has 1 aromatic rings. The van der Waals surface area contributed by atoms with Crippen LogP contribution in [-0.2, 0) is 4.74 Å². The molecule has 1 amide bonds. The first-order chi connectivity index (χ1) is 13.3. The smallest absolute Gasteiger partial charge is 0.407 e. The van der Waals surface area contributed by atoms with Gasteiger partial charge in [0.15, 0.2) is 5.96 Å². The molecule has 0 spiro atoms. The minimum absolute atomic E-state index is 0.245. The number of rotatable bonds is 6. The molecule has 1 aromatic heterocycles. The monoisotopic (exact) mass is 410 g/mol. The van der Waals surface area contributed by atoms with Gasteiger partial charge in [0.25, 0.3) is 0 Å². The number of halogens is 1. The molecule has 1 unspecified atom stereocenters. The van der Waals surface area contributed by atoms with E-state index in [0.717, 1.165) is 37.8 Å². The van der Waals surface area contributed by atoms with Gasteiger partial charge in [-0.25, -0.2) is 9.78 Å². The molecule has 0 saturated carbocycles. The van der Waals surface area contributed by atoms with Crippen LogP contribution in [0.2, 0.25) is 5.02 Å². The number of nitrogens with one attached hydrogen (secondary N) is 3. The van der Waals surface area contributed by atoms with E-state index in [1.54, 1.807) is 6.20 Å². The van der Waals surface area contributed by atoms with E-state index in [0.29, 0.717) is 18.1 Å². The van der Waals surface area contributed by atoms with Gasteiger partial charge in [0.2, 0.25) is 0 Å². The van der Waals surface area contributed by atoms with E-state index < -0.39 is 11.7 Å². The number of aromatic nitrogens is 1. The van der Waals surface area contributed by atoms with Crippen molar-refractivity contribution in [1.29, 1.82) is 0 Å². The number of hydrogen-bond acceptors (Lipinski definition) is 5. The first kappa shape index (κ1) is 22.1. The molecule has 1 aliphatic heterocycles. The fourth-order valence-corrected chi connectivity index (χ4v) is 3.07. The molecule has 156 valence electrons. The second kappa shape index (κ2) is 10.4. The molecular weight excluding hydrogens is 380 g/mol. The summed E-state index contributed by atoms with van der Waals surface area (Å²) in [5.41, 5.74) is -0.505. The summed E-state index contributed by atoms with van der Waals surface area (Å²) in [6.45, 7) is 10.8. The molecule has 1 saturated heterocycles. The van der Waals surface area contributed by atoms with Gasteiger partial charge in [0.05, 0.1) is 11.6 Å². The number of ether oxygens (including phenoxy) is 1. The van der Waals surface area contributed by atoms with Gasteiger partial charge in [0.1, 0.15) is 11.4 Å². The van der Waals surface area contributed by atoms with Crippen LogP contribution < -0.4 is 20.9 Å². The van der Waals surface area contributed by atoms with Crippen LogP contribution in [0.5, 0.6) is 0 Å². The summed E-state index contributed by atoms with van der Waals surface area (Å²) < 4.78 is 5.21. The van der Waals surface area contributed by atoms with E-state index >= 15 is 0 Å². The number of hydrogen-bond donors (Lipinski definition) is 3. The summed E-state index contributed by atoms with van der Waals surface area (Å²) in [5, 5.41) is 10.1. The highest BCUT2D eigenvalue weighted by atomic mass is 35.5. The number of alkyl carbamates (subject to hydrolysis) is 1. The van der Waals surface area contributed by atoms with Gasteiger partial charge in [-0.3, -0.25) is 4.99 Å². The Balaban J connectivity index is 1.81. The predicted molar refractivity (Wildman–Crippen MR) is 113 cm³/mol. The number of guanidine groups is 1. The van der Waals surface area contributed by atoms with E-state index in [-0.39, 0.29) is 6.04 Å². The van der Waals surface area contributed by atoms with Gasteiger partial charge in [-0.15, -0.1) is 0 Å². The molecule has 3 N–H and O–H groups in total. The summed E-state index contributed by atoms with van der Waals surface area (Å²) >= 11 is 6.25. The molecule has 0 aromatic carbocycles. The zero-order valence-electron chi connectivity index (χ0n) is 17.1. The molecule has 0 radical (unpaired) electrons. The lowest BCUT2D eigenvalue weighted by molar-refractivity contribution is 0.0529. The minimum Gasteiger partial charge on any atom is -0.444 e. The normalized spacial score (nSPS) is 17.4. The first-order valence-corrected chi connectivity index (χ1v) is 10.0. The SMILES string of the molecule is CCNC(=NCCNC(=O)OC(C)(C)C)NC1CCN(c2ncccc2Cl)C1. The number of pyridine rings is 1. The fourth-order valence-electron chi connectivity index (χ4n) is 2.83. The molecule has 2 rings (SSSR count). The lowest BCUT2D eigenvalue weighted by atomic mass is 10.2. The molecular formula is C19H31ClN6O2. The number of anilines is 1. The van der Waals surface area contributed by atoms with Gasteiger partial charge in [-0.1, -0.05) is 11.6 Å². The third-order valence-electron chi connectivity index (χ3n) is 3.96. The van der Waals surface area contributed by atoms with E-state index in [1.165, 1.54) is 0 Å². The van der Waals surface area contributed by atoms with Crippen LogP contribution in [0.4, 0.5) is 10.6 Å². The number of carbonyl (C=O) groups is 1. The topological polar surface area (TPSA) is 90.9 Å². The number of aliphatic imine (C=N–C) groups is 1. The minimum atomic E-state index is -0.505. The predicted octanol–water partition coefficient (Wildman–Crippen LogP) is 2.39. The van der Waals surface area contributed by atoms with E-state index in [4.69, 9.17) is 16.3 Å². The van der Waals surface area contributed by atoms with Crippen molar-refractivity contribution in [1.82, 2.24) is 20.9 Å². The molecule has 1 fully saturated rings. The van der Waals surface area contributed by atoms with Crippen molar-refractivity contribution in [2.75, 3.05) is 37.6 Å². The van der Waals surface area contributed by atoms with Crippen LogP contribution in [0, 0.1) is 0 Å². The van der Waals surface area contributed by atoms with Gasteiger partial charge in [-0.05, 0) is 46.2 Å². The van der Waals surface area contributed by atoms with Crippen molar-refractivity contribution >= 4 is 29.5 Å². The van der Waals surface area contributed by atoms with Crippen molar-refractivity contribution < 1.29 is 9.53 Å². The highest BCUT2D eigenvalue weighted by molar-refractivity contribution is 6.32. The van der Waals surface area contributed by atoms with Crippen molar-refractivity contribution in [3.63, 3.8) is 0 Å². The van der Waals surface area contributed by atoms with E-state index in [2.05, 4.69) is 30.8 Å². The fraction of sp³-hybridized carbons (Fsp3) is 0.632. The molecule has 1 atom stereocenters. The van der Waals surface area contributed by atoms with Crippen molar-refractivity contribution in [2.24, 2.45) is 4.99 Å². The summed E-state index contributed by atoms with van der Waals surface area (Å²) in [6, 6.07) is 3.93. The Morgan fingerprint density at radius 1 is 1.43 bits per heavy atom. The summed E-state index contributed by atoms with van der Waals surface area (Å²) in [7, 11) is 0. The number of nitrogens with zero attached hydrogens (tertiary/aromatic N) is 3. The number of carbonyl (C=O) groups excluding carboxylic acids is 1. The molecule has 28 heavy (non-hydrogen) atoms. The maximum atomic E-state index is 11.7. The Labute approximate surface area is 172 Å². The summed E-state index contributed by atoms with van der Waals surface area (Å²) in [5.74, 6) is 1.55. The Morgan fingerprint density at radius 3 is 2.89 bits per heavy atom. The van der Waals surface area contributed by atoms with Gasteiger partial charge in [-0.2, -0.15) is 0 Å². The third-order valence-corrected chi connectivity index (χ3v) is 4.26. The Kier molecular flexibility index (Phi) is 8.17. The van der Waals surface area contributed by atoms with Crippen LogP contribution in [0.25, 0.3) is 0 Å². The average Bonchev–Trinajstić information content (AvgIpc) is 3.06. The van der Waals surface area contributed by atoms with E-state index in [9.17, 15) is 4.79 Å². The first-order valence-electron chi connectivity index (χ1n) is 9.65. The van der Waals surface area contributed by atoms with Crippen LogP contribution in [0.1, 0.15) is 34.1 Å². The van der Waals surface area contributed by atoms with Crippen molar-refractivity contribution in [3.05, 3.63) is 23.4 Å². The standard InChI is InChI=1S/C19H31ClN6O2/c1-5-21-17(23-10-11-24-18(27)28-19(2,3)4)25-14-8-12-26(13-14)16-15(20)7-6-9-22-16/h6-7,9,14H,5,8,10-13H2,1-4H3,(H,24,27)(H2,21,23,25). The molecule has 1 aliphatic rings. The van der Waals surface area contributed by atoms with Crippen LogP contribution >= 0.6 is 11.6 Å². The average molecular weight is 411 g/mol. The lowest BCUT2D eigenvalue weighted by Gasteiger charge is -2.20. The zero-order valence-corrected chi connectivity index (χ0v) is 17.8. The maximum Gasteiger partial charge on any atom is 0.407 e. The maximum absolute atomic E-state index is 11.7. The van der Waals surface area contributed by atoms with Crippen molar-refractivity contribution in [3.8, 4) is 0 Å². The van der Waals surface area contributed by atoms with Crippen molar-refractivity contribution in [2.45, 2.75) is 45.8 Å². The quantitative estimate of drug-likeness (QED) is 0.379. The van der Waals surface area contributed by atoms with Gasteiger partial charge >= 0.3 is 6.09 Å². The Morgan fingerprint density at radius 2 is 2.21 bits per heavy atom.